The van der Waals surface area contributed by atoms with E-state index >= 15 is 0 Å². The molecule has 1 rings (SSSR count). The molecule has 0 fully saturated rings. The molecule has 0 radical (unpaired) electrons. The van der Waals surface area contributed by atoms with Crippen LogP contribution in [0.4, 0.5) is 0 Å². The van der Waals surface area contributed by atoms with Crippen molar-refractivity contribution in [3.05, 3.63) is 29.6 Å². The summed E-state index contributed by atoms with van der Waals surface area (Å²) in [5.74, 6) is 1.18. The number of pyridine rings is 1. The summed E-state index contributed by atoms with van der Waals surface area (Å²) in [6.07, 6.45) is 3.75. The summed E-state index contributed by atoms with van der Waals surface area (Å²) in [5, 5.41) is 3.45. The molecule has 1 heterocycles. The predicted molar refractivity (Wildman–Crippen MR) is 68.1 cm³/mol. The Balaban J connectivity index is 2.38. The van der Waals surface area contributed by atoms with E-state index in [-0.39, 0.29) is 0 Å². The van der Waals surface area contributed by atoms with Crippen molar-refractivity contribution in [2.45, 2.75) is 27.3 Å². The van der Waals surface area contributed by atoms with E-state index in [0.717, 1.165) is 19.6 Å². The Bertz CT molecular complexity index is 310. The highest BCUT2D eigenvalue weighted by molar-refractivity contribution is 5.20. The lowest BCUT2D eigenvalue weighted by Crippen LogP contribution is -2.31. The second kappa shape index (κ2) is 6.61. The molecule has 0 aromatic carbocycles. The van der Waals surface area contributed by atoms with E-state index in [1.807, 2.05) is 18.5 Å². The normalized spacial score (nSPS) is 13.1. The molecule has 1 atom stereocenters. The topological polar surface area (TPSA) is 50.9 Å². The van der Waals surface area contributed by atoms with Gasteiger partial charge in [0.2, 0.25) is 0 Å². The van der Waals surface area contributed by atoms with E-state index in [0.29, 0.717) is 11.8 Å². The molecule has 3 N–H and O–H groups in total. The maximum absolute atomic E-state index is 5.73. The van der Waals surface area contributed by atoms with Gasteiger partial charge < -0.3 is 11.1 Å². The highest BCUT2D eigenvalue weighted by Crippen LogP contribution is 2.09. The largest absolute Gasteiger partial charge is 0.330 e. The Morgan fingerprint density at radius 1 is 1.44 bits per heavy atom. The molecule has 0 aliphatic rings. The molecular weight excluding hydrogens is 198 g/mol. The zero-order valence-electron chi connectivity index (χ0n) is 10.5. The van der Waals surface area contributed by atoms with Crippen LogP contribution in [0.25, 0.3) is 0 Å². The molecule has 16 heavy (non-hydrogen) atoms. The second-order valence-corrected chi connectivity index (χ2v) is 4.67. The third-order valence-electron chi connectivity index (χ3n) is 3.12. The van der Waals surface area contributed by atoms with Crippen molar-refractivity contribution in [2.75, 3.05) is 13.1 Å². The first-order chi connectivity index (χ1) is 7.65. The molecule has 3 nitrogen and oxygen atoms in total. The highest BCUT2D eigenvalue weighted by Gasteiger charge is 2.10. The number of nitrogens with zero attached hydrogens (tertiary/aromatic N) is 1. The molecule has 1 aromatic rings. The van der Waals surface area contributed by atoms with E-state index < -0.39 is 0 Å². The highest BCUT2D eigenvalue weighted by atomic mass is 14.9. The van der Waals surface area contributed by atoms with Crippen molar-refractivity contribution < 1.29 is 0 Å². The predicted octanol–water partition coefficient (Wildman–Crippen LogP) is 1.71. The fourth-order valence-corrected chi connectivity index (χ4v) is 1.67. The Hall–Kier alpha value is -0.930. The average molecular weight is 221 g/mol. The average Bonchev–Trinajstić information content (AvgIpc) is 2.26. The molecule has 0 aliphatic carbocycles. The molecule has 1 unspecified atom stereocenters. The first-order valence-corrected chi connectivity index (χ1v) is 5.95. The Morgan fingerprint density at radius 3 is 2.75 bits per heavy atom. The van der Waals surface area contributed by atoms with E-state index in [9.17, 15) is 0 Å². The van der Waals surface area contributed by atoms with Crippen molar-refractivity contribution in [1.82, 2.24) is 10.3 Å². The van der Waals surface area contributed by atoms with Gasteiger partial charge in [-0.3, -0.25) is 4.98 Å². The van der Waals surface area contributed by atoms with Crippen LogP contribution in [-0.4, -0.2) is 18.1 Å². The molecule has 0 spiro atoms. The van der Waals surface area contributed by atoms with Gasteiger partial charge >= 0.3 is 0 Å². The second-order valence-electron chi connectivity index (χ2n) is 4.67. The van der Waals surface area contributed by atoms with Gasteiger partial charge in [-0.15, -0.1) is 0 Å². The number of hydrogen-bond donors (Lipinski definition) is 2. The van der Waals surface area contributed by atoms with Crippen molar-refractivity contribution in [3.8, 4) is 0 Å². The van der Waals surface area contributed by atoms with E-state index in [1.54, 1.807) is 0 Å². The van der Waals surface area contributed by atoms with Crippen LogP contribution in [0.2, 0.25) is 0 Å². The van der Waals surface area contributed by atoms with Crippen LogP contribution in [-0.2, 0) is 6.54 Å². The summed E-state index contributed by atoms with van der Waals surface area (Å²) in [5.41, 5.74) is 8.28. The lowest BCUT2D eigenvalue weighted by Gasteiger charge is -2.19. The van der Waals surface area contributed by atoms with Gasteiger partial charge in [-0.05, 0) is 49.0 Å². The Labute approximate surface area is 98.5 Å². The molecule has 0 bridgehead atoms. The molecule has 90 valence electrons. The van der Waals surface area contributed by atoms with Gasteiger partial charge in [-0.2, -0.15) is 0 Å². The van der Waals surface area contributed by atoms with E-state index in [1.165, 1.54) is 11.1 Å². The molecule has 1 aromatic heterocycles. The molecule has 0 amide bonds. The molecule has 3 heteroatoms. The van der Waals surface area contributed by atoms with Crippen LogP contribution in [0.5, 0.6) is 0 Å². The van der Waals surface area contributed by atoms with Crippen LogP contribution in [0.1, 0.15) is 25.0 Å². The van der Waals surface area contributed by atoms with Crippen LogP contribution < -0.4 is 11.1 Å². The van der Waals surface area contributed by atoms with Crippen molar-refractivity contribution in [3.63, 3.8) is 0 Å². The number of aryl methyl sites for hydroxylation is 1. The quantitative estimate of drug-likeness (QED) is 0.769. The first kappa shape index (κ1) is 13.1. The summed E-state index contributed by atoms with van der Waals surface area (Å²) in [4.78, 5) is 4.13. The van der Waals surface area contributed by atoms with Crippen LogP contribution in [0.15, 0.2) is 18.5 Å². The molecule has 0 saturated heterocycles. The Morgan fingerprint density at radius 2 is 2.19 bits per heavy atom. The first-order valence-electron chi connectivity index (χ1n) is 5.95. The summed E-state index contributed by atoms with van der Waals surface area (Å²) in [6, 6.07) is 2.04. The third kappa shape index (κ3) is 3.91. The number of nitrogens with one attached hydrogen (secondary N) is 1. The monoisotopic (exact) mass is 221 g/mol. The summed E-state index contributed by atoms with van der Waals surface area (Å²) < 4.78 is 0. The van der Waals surface area contributed by atoms with E-state index in [2.05, 4.69) is 31.1 Å². The summed E-state index contributed by atoms with van der Waals surface area (Å²) in [7, 11) is 0. The van der Waals surface area contributed by atoms with Gasteiger partial charge in [-0.25, -0.2) is 0 Å². The fraction of sp³-hybridized carbons (Fsp3) is 0.615. The number of hydrogen-bond acceptors (Lipinski definition) is 3. The fourth-order valence-electron chi connectivity index (χ4n) is 1.67. The maximum Gasteiger partial charge on any atom is 0.0315 e. The summed E-state index contributed by atoms with van der Waals surface area (Å²) >= 11 is 0. The SMILES string of the molecule is Cc1ccncc1CNCC(CN)C(C)C. The summed E-state index contributed by atoms with van der Waals surface area (Å²) in [6.45, 7) is 9.15. The van der Waals surface area contributed by atoms with Crippen LogP contribution >= 0.6 is 0 Å². The molecular formula is C13H23N3. The van der Waals surface area contributed by atoms with Gasteiger partial charge in [0.1, 0.15) is 0 Å². The zero-order valence-corrected chi connectivity index (χ0v) is 10.5. The van der Waals surface area contributed by atoms with Crippen molar-refractivity contribution in [2.24, 2.45) is 17.6 Å². The Kier molecular flexibility index (Phi) is 5.43. The van der Waals surface area contributed by atoms with Crippen molar-refractivity contribution >= 4 is 0 Å². The number of aromatic nitrogens is 1. The van der Waals surface area contributed by atoms with Gasteiger partial charge in [-0.1, -0.05) is 13.8 Å². The maximum atomic E-state index is 5.73. The smallest absolute Gasteiger partial charge is 0.0315 e. The lowest BCUT2D eigenvalue weighted by molar-refractivity contribution is 0.370. The van der Waals surface area contributed by atoms with Crippen LogP contribution in [0, 0.1) is 18.8 Å². The number of nitrogens with two attached hydrogens (primary N) is 1. The lowest BCUT2D eigenvalue weighted by atomic mass is 9.96. The van der Waals surface area contributed by atoms with Gasteiger partial charge in [0.25, 0.3) is 0 Å². The molecule has 0 saturated carbocycles. The minimum absolute atomic E-state index is 0.553. The zero-order chi connectivity index (χ0) is 12.0. The van der Waals surface area contributed by atoms with Gasteiger partial charge in [0, 0.05) is 18.9 Å². The minimum atomic E-state index is 0.553. The standard InChI is InChI=1S/C13H23N3/c1-10(2)12(6-14)7-16-9-13-8-15-5-4-11(13)3/h4-5,8,10,12,16H,6-7,9,14H2,1-3H3. The van der Waals surface area contributed by atoms with Crippen molar-refractivity contribution in [1.29, 1.82) is 0 Å². The van der Waals surface area contributed by atoms with Gasteiger partial charge in [0.05, 0.1) is 0 Å². The number of rotatable bonds is 6. The van der Waals surface area contributed by atoms with Crippen LogP contribution in [0.3, 0.4) is 0 Å². The minimum Gasteiger partial charge on any atom is -0.330 e. The van der Waals surface area contributed by atoms with E-state index in [4.69, 9.17) is 5.73 Å². The molecule has 0 aliphatic heterocycles. The van der Waals surface area contributed by atoms with Gasteiger partial charge in [0.15, 0.2) is 0 Å². The third-order valence-corrected chi connectivity index (χ3v) is 3.12.